The van der Waals surface area contributed by atoms with Crippen LogP contribution >= 0.6 is 11.6 Å². The van der Waals surface area contributed by atoms with E-state index >= 15 is 0 Å². The van der Waals surface area contributed by atoms with E-state index in [0.29, 0.717) is 0 Å². The minimum atomic E-state index is -1.76. The van der Waals surface area contributed by atoms with Gasteiger partial charge in [0, 0.05) is 48.5 Å². The Hall–Kier alpha value is -3.54. The van der Waals surface area contributed by atoms with E-state index in [1.54, 1.807) is 0 Å². The van der Waals surface area contributed by atoms with Gasteiger partial charge in [-0.1, -0.05) is 11.6 Å². The van der Waals surface area contributed by atoms with Crippen molar-refractivity contribution in [2.45, 2.75) is 109 Å². The van der Waals surface area contributed by atoms with Crippen LogP contribution in [-0.4, -0.2) is 116 Å². The minimum absolute atomic E-state index is 0.515. The third-order valence-electron chi connectivity index (χ3n) is 5.87. The number of rotatable bonds is 11. The van der Waals surface area contributed by atoms with Crippen LogP contribution in [0.5, 0.6) is 0 Å². The van der Waals surface area contributed by atoms with Crippen molar-refractivity contribution in [3.05, 3.63) is 0 Å². The summed E-state index contributed by atoms with van der Waals surface area (Å²) in [5.41, 5.74) is -1.43. The molecule has 2 rings (SSSR count). The molecule has 0 spiro atoms. The molecule has 0 aromatic carbocycles. The first-order valence-corrected chi connectivity index (χ1v) is 13.7. The molecule has 17 nitrogen and oxygen atoms in total. The van der Waals surface area contributed by atoms with Crippen LogP contribution in [0.1, 0.15) is 48.5 Å². The highest BCUT2D eigenvalue weighted by Crippen LogP contribution is 2.36. The quantitative estimate of drug-likeness (QED) is 0.161. The highest BCUT2D eigenvalue weighted by molar-refractivity contribution is 6.20. The topological polar surface area (TPSA) is 212 Å². The molecule has 0 radical (unpaired) electrons. The van der Waals surface area contributed by atoms with Crippen molar-refractivity contribution < 1.29 is 80.9 Å². The molecule has 10 atom stereocenters. The monoisotopic (exact) mass is 654 g/mol. The average Bonchev–Trinajstić information content (AvgIpc) is 2.87. The molecule has 44 heavy (non-hydrogen) atoms. The largest absolute Gasteiger partial charge is 0.463 e. The first-order valence-electron chi connectivity index (χ1n) is 13.2. The summed E-state index contributed by atoms with van der Waals surface area (Å²) in [6.45, 7) is 6.37. The molecule has 0 aromatic heterocycles. The minimum Gasteiger partial charge on any atom is -0.463 e. The van der Waals surface area contributed by atoms with Crippen molar-refractivity contribution in [2.75, 3.05) is 13.2 Å². The molecule has 2 fully saturated rings. The molecule has 2 aliphatic heterocycles. The van der Waals surface area contributed by atoms with Crippen LogP contribution in [0.25, 0.3) is 0 Å². The van der Waals surface area contributed by atoms with Gasteiger partial charge in [-0.25, -0.2) is 0 Å². The third kappa shape index (κ3) is 10.9. The van der Waals surface area contributed by atoms with Crippen LogP contribution in [0.2, 0.25) is 0 Å². The molecular weight excluding hydrogens is 620 g/mol. The van der Waals surface area contributed by atoms with Crippen molar-refractivity contribution in [3.8, 4) is 0 Å². The lowest BCUT2D eigenvalue weighted by Gasteiger charge is -2.48. The Bertz CT molecular complexity index is 1090. The summed E-state index contributed by atoms with van der Waals surface area (Å²) in [7, 11) is 0. The molecule has 0 unspecified atom stereocenters. The molecule has 2 heterocycles. The van der Waals surface area contributed by atoms with Crippen LogP contribution in [-0.2, 0) is 80.9 Å². The van der Waals surface area contributed by atoms with Crippen LogP contribution in [0, 0.1) is 0 Å². The van der Waals surface area contributed by atoms with E-state index in [-0.39, 0.29) is 0 Å². The van der Waals surface area contributed by atoms with E-state index in [9.17, 15) is 33.6 Å². The normalized spacial score (nSPS) is 31.5. The second kappa shape index (κ2) is 16.5. The highest BCUT2D eigenvalue weighted by Gasteiger charge is 2.57. The van der Waals surface area contributed by atoms with Crippen molar-refractivity contribution in [2.24, 2.45) is 0 Å². The molecular formula is C26H35ClO17. The van der Waals surface area contributed by atoms with Crippen molar-refractivity contribution in [1.29, 1.82) is 0 Å². The molecule has 0 bridgehead atoms. The third-order valence-corrected chi connectivity index (χ3v) is 6.22. The molecule has 0 aliphatic carbocycles. The Labute approximate surface area is 256 Å². The van der Waals surface area contributed by atoms with Crippen LogP contribution < -0.4 is 0 Å². The number of hydrogen-bond acceptors (Lipinski definition) is 17. The number of alkyl halides is 1. The average molecular weight is 655 g/mol. The fourth-order valence-electron chi connectivity index (χ4n) is 4.46. The Morgan fingerprint density at radius 2 is 0.841 bits per heavy atom. The summed E-state index contributed by atoms with van der Waals surface area (Å²) in [6.07, 6.45) is -13.7. The lowest BCUT2D eigenvalue weighted by atomic mass is 9.96. The standard InChI is InChI=1S/C26H35ClO17/c1-10(28)35-8-17-20(21(38-13(4)31)23(25(27)42-17)40-15(6)33)44-26-24(41-16(7)34)22(39-14(5)32)19(37-12(3)30)18(43-26)9-36-11(2)29/h17-26H,8-9H2,1-7H3/t17-,18-,19+,20-,21+,22+,23-,24-,25-,26+/m1/s1. The molecule has 2 saturated heterocycles. The maximum atomic E-state index is 12.2. The lowest BCUT2D eigenvalue weighted by Crippen LogP contribution is -2.66. The Balaban J connectivity index is 2.66. The van der Waals surface area contributed by atoms with Crippen LogP contribution in [0.3, 0.4) is 0 Å². The smallest absolute Gasteiger partial charge is 0.303 e. The Morgan fingerprint density at radius 3 is 1.27 bits per heavy atom. The van der Waals surface area contributed by atoms with E-state index in [1.807, 2.05) is 0 Å². The second-order valence-corrected chi connectivity index (χ2v) is 10.1. The zero-order valence-electron chi connectivity index (χ0n) is 25.0. The number of halogens is 1. The van der Waals surface area contributed by atoms with E-state index in [1.165, 1.54) is 0 Å². The van der Waals surface area contributed by atoms with Gasteiger partial charge >= 0.3 is 41.8 Å². The summed E-state index contributed by atoms with van der Waals surface area (Å²) in [5.74, 6) is -5.80. The zero-order chi connectivity index (χ0) is 33.3. The lowest BCUT2D eigenvalue weighted by molar-refractivity contribution is -0.341. The van der Waals surface area contributed by atoms with Gasteiger partial charge in [-0.05, 0) is 0 Å². The highest BCUT2D eigenvalue weighted by atomic mass is 35.5. The summed E-state index contributed by atoms with van der Waals surface area (Å²) in [6, 6.07) is 0. The van der Waals surface area contributed by atoms with Crippen molar-refractivity contribution >= 4 is 53.4 Å². The molecule has 248 valence electrons. The van der Waals surface area contributed by atoms with Gasteiger partial charge in [-0.2, -0.15) is 0 Å². The summed E-state index contributed by atoms with van der Waals surface area (Å²) in [5, 5.41) is 0. The molecule has 0 N–H and O–H groups in total. The van der Waals surface area contributed by atoms with Gasteiger partial charge in [0.2, 0.25) is 0 Å². The SMILES string of the molecule is CC(=O)OC[C@H]1O[C@@H](O[C@H]2[C@H](OC(C)=O)[C@@H](OC(C)=O)[C@H](Cl)O[C@@H]2COC(C)=O)[C@H](OC(C)=O)[C@@H](OC(C)=O)[C@H]1OC(C)=O. The fraction of sp³-hybridized carbons (Fsp3) is 0.731. The van der Waals surface area contributed by atoms with E-state index < -0.39 is 116 Å². The van der Waals surface area contributed by atoms with Gasteiger partial charge in [0.1, 0.15) is 31.5 Å². The van der Waals surface area contributed by atoms with Gasteiger partial charge in [0.05, 0.1) is 0 Å². The van der Waals surface area contributed by atoms with E-state index in [2.05, 4.69) is 0 Å². The Kier molecular flexibility index (Phi) is 13.8. The van der Waals surface area contributed by atoms with Gasteiger partial charge < -0.3 is 47.4 Å². The maximum Gasteiger partial charge on any atom is 0.303 e. The number of carbonyl (C=O) groups excluding carboxylic acids is 7. The van der Waals surface area contributed by atoms with Gasteiger partial charge in [0.25, 0.3) is 0 Å². The number of carbonyl (C=O) groups is 7. The van der Waals surface area contributed by atoms with E-state index in [4.69, 9.17) is 59.0 Å². The predicted molar refractivity (Wildman–Crippen MR) is 139 cm³/mol. The zero-order valence-corrected chi connectivity index (χ0v) is 25.8. The number of ether oxygens (including phenoxy) is 10. The van der Waals surface area contributed by atoms with Crippen LogP contribution in [0.4, 0.5) is 0 Å². The summed E-state index contributed by atoms with van der Waals surface area (Å²) in [4.78, 5) is 83.6. The summed E-state index contributed by atoms with van der Waals surface area (Å²) >= 11 is 6.32. The second-order valence-electron chi connectivity index (χ2n) is 9.64. The van der Waals surface area contributed by atoms with Gasteiger partial charge in [-0.3, -0.25) is 33.6 Å². The number of esters is 7. The predicted octanol–water partition coefficient (Wildman–Crippen LogP) is -0.155. The van der Waals surface area contributed by atoms with Crippen LogP contribution in [0.15, 0.2) is 0 Å². The molecule has 0 saturated carbocycles. The number of hydrogen-bond donors (Lipinski definition) is 0. The fourth-order valence-corrected chi connectivity index (χ4v) is 4.79. The molecule has 2 aliphatic rings. The van der Waals surface area contributed by atoms with Crippen molar-refractivity contribution in [3.63, 3.8) is 0 Å². The molecule has 18 heteroatoms. The summed E-state index contributed by atoms with van der Waals surface area (Å²) < 4.78 is 54.7. The van der Waals surface area contributed by atoms with Crippen molar-refractivity contribution in [1.82, 2.24) is 0 Å². The Morgan fingerprint density at radius 1 is 0.477 bits per heavy atom. The van der Waals surface area contributed by atoms with Gasteiger partial charge in [0.15, 0.2) is 42.4 Å². The van der Waals surface area contributed by atoms with E-state index in [0.717, 1.165) is 48.5 Å². The van der Waals surface area contributed by atoms with Gasteiger partial charge in [-0.15, -0.1) is 0 Å². The first-order chi connectivity index (χ1) is 20.5. The molecule has 0 aromatic rings. The molecule has 0 amide bonds. The first kappa shape index (κ1) is 36.7. The maximum absolute atomic E-state index is 12.2.